The molecular weight excluding hydrogens is 847 g/mol. The van der Waals surface area contributed by atoms with Gasteiger partial charge < -0.3 is 55.2 Å². The Labute approximate surface area is 382 Å². The van der Waals surface area contributed by atoms with Crippen LogP contribution in [0.5, 0.6) is 0 Å². The average molecular weight is 906 g/mol. The van der Waals surface area contributed by atoms with Crippen molar-refractivity contribution in [2.45, 2.75) is 109 Å². The zero-order valence-corrected chi connectivity index (χ0v) is 38.2. The van der Waals surface area contributed by atoms with Crippen LogP contribution in [0.15, 0.2) is 54.7 Å². The molecule has 0 bridgehead atoms. The van der Waals surface area contributed by atoms with Crippen molar-refractivity contribution < 1.29 is 38.6 Å². The lowest BCUT2D eigenvalue weighted by Gasteiger charge is -2.33. The summed E-state index contributed by atoms with van der Waals surface area (Å²) in [4.78, 5) is 90.9. The molecule has 8 rings (SSSR count). The number of hydrogen-bond donors (Lipinski definition) is 6. The Kier molecular flexibility index (Phi) is 13.3. The number of likely N-dealkylation sites (tertiary alicyclic amines) is 2. The Morgan fingerprint density at radius 3 is 1.59 bits per heavy atom. The van der Waals surface area contributed by atoms with Gasteiger partial charge >= 0.3 is 18.3 Å². The van der Waals surface area contributed by atoms with Gasteiger partial charge in [-0.25, -0.2) is 24.4 Å². The first-order valence-corrected chi connectivity index (χ1v) is 22.7. The number of nitrogens with zero attached hydrogens (tertiary/aromatic N) is 6. The highest BCUT2D eigenvalue weighted by Gasteiger charge is 2.40. The lowest BCUT2D eigenvalue weighted by Crippen LogP contribution is -2.51. The van der Waals surface area contributed by atoms with Crippen LogP contribution in [0, 0.1) is 11.8 Å². The molecule has 3 fully saturated rings. The fraction of sp³-hybridized carbons (Fsp3) is 0.489. The molecule has 3 aromatic heterocycles. The van der Waals surface area contributed by atoms with Crippen LogP contribution in [-0.2, 0) is 25.6 Å². The smallest absolute Gasteiger partial charge is 0.407 e. The predicted molar refractivity (Wildman–Crippen MR) is 244 cm³/mol. The predicted octanol–water partition coefficient (Wildman–Crippen LogP) is 6.77. The van der Waals surface area contributed by atoms with Gasteiger partial charge in [0.2, 0.25) is 11.8 Å². The van der Waals surface area contributed by atoms with Crippen LogP contribution < -0.4 is 20.9 Å². The van der Waals surface area contributed by atoms with E-state index < -0.39 is 30.4 Å². The van der Waals surface area contributed by atoms with E-state index in [1.165, 1.54) is 14.2 Å². The minimum Gasteiger partial charge on any atom is -0.465 e. The number of hydrogen-bond acceptors (Lipinski definition) is 11. The van der Waals surface area contributed by atoms with E-state index in [1.807, 2.05) is 52.0 Å². The fourth-order valence-electron chi connectivity index (χ4n) is 9.88. The molecule has 6 N–H and O–H groups in total. The normalized spacial score (nSPS) is 20.6. The molecule has 0 spiro atoms. The number of aromatic nitrogens is 5. The van der Waals surface area contributed by atoms with Gasteiger partial charge in [0, 0.05) is 13.1 Å². The van der Waals surface area contributed by atoms with E-state index in [9.17, 15) is 29.1 Å². The quantitative estimate of drug-likeness (QED) is 0.0718. The van der Waals surface area contributed by atoms with Crippen LogP contribution in [0.25, 0.3) is 22.1 Å². The van der Waals surface area contributed by atoms with Gasteiger partial charge in [-0.05, 0) is 97.9 Å². The number of alkyl carbamates (subject to hydrolysis) is 2. The molecule has 0 aliphatic carbocycles. The van der Waals surface area contributed by atoms with Gasteiger partial charge in [-0.3, -0.25) is 14.6 Å². The van der Waals surface area contributed by atoms with Gasteiger partial charge in [0.15, 0.2) is 0 Å². The molecule has 6 atom stereocenters. The van der Waals surface area contributed by atoms with E-state index in [2.05, 4.69) is 60.1 Å². The second-order valence-electron chi connectivity index (χ2n) is 18.1. The Hall–Kier alpha value is -6.92. The summed E-state index contributed by atoms with van der Waals surface area (Å²) in [6.45, 7) is 8.75. The third-order valence-corrected chi connectivity index (χ3v) is 13.2. The molecule has 3 saturated heterocycles. The van der Waals surface area contributed by atoms with Crippen LogP contribution in [-0.4, -0.2) is 109 Å². The first kappa shape index (κ1) is 45.6. The number of rotatable bonds is 13. The molecule has 19 heteroatoms. The third kappa shape index (κ3) is 9.28. The monoisotopic (exact) mass is 905 g/mol. The maximum absolute atomic E-state index is 13.9. The topological polar surface area (TPSA) is 240 Å². The van der Waals surface area contributed by atoms with Gasteiger partial charge in [0.25, 0.3) is 0 Å². The highest BCUT2D eigenvalue weighted by atomic mass is 16.5. The first-order chi connectivity index (χ1) is 31.7. The van der Waals surface area contributed by atoms with Crippen molar-refractivity contribution in [1.29, 1.82) is 0 Å². The van der Waals surface area contributed by atoms with Crippen molar-refractivity contribution in [1.82, 2.24) is 50.7 Å². The van der Waals surface area contributed by atoms with E-state index in [-0.39, 0.29) is 54.4 Å². The van der Waals surface area contributed by atoms with Crippen molar-refractivity contribution in [2.24, 2.45) is 11.8 Å². The van der Waals surface area contributed by atoms with Gasteiger partial charge in [-0.15, -0.1) is 0 Å². The zero-order chi connectivity index (χ0) is 46.8. The number of carbonyl (C=O) groups is 5. The van der Waals surface area contributed by atoms with E-state index in [1.54, 1.807) is 16.0 Å². The van der Waals surface area contributed by atoms with Crippen LogP contribution in [0.1, 0.15) is 119 Å². The average Bonchev–Trinajstić information content (AvgIpc) is 4.17. The van der Waals surface area contributed by atoms with Crippen molar-refractivity contribution in [3.8, 4) is 0 Å². The summed E-state index contributed by atoms with van der Waals surface area (Å²) in [5.74, 6) is 0.745. The number of benzene rings is 2. The fourth-order valence-corrected chi connectivity index (χ4v) is 9.88. The molecule has 2 unspecified atom stereocenters. The lowest BCUT2D eigenvalue weighted by molar-refractivity contribution is -0.136. The van der Waals surface area contributed by atoms with Crippen molar-refractivity contribution in [3.63, 3.8) is 0 Å². The Morgan fingerprint density at radius 2 is 1.18 bits per heavy atom. The van der Waals surface area contributed by atoms with Crippen molar-refractivity contribution in [2.75, 3.05) is 32.2 Å². The molecule has 350 valence electrons. The largest absolute Gasteiger partial charge is 0.465 e. The molecule has 6 heterocycles. The standard InChI is InChI=1S/C47H59N11O8/c1-25(2)39(54-46(63)65-5)43(59)56-19-7-9-37(56)41-50-31-15-11-27(21-33(31)52-41)35-17-18-36(58(35)30-14-13-29(48-24-30)23-49-45(61)62)28-12-16-32-34(22-28)53-42(51-32)38-10-8-20-57(38)44(60)40(26(3)4)55-47(64)66-6/h11-16,21-22,24-26,35-40,49H,7-10,17-20,23H2,1-6H3,(H,50,52)(H,51,53)(H,54,63)(H,55,64)(H,61,62)/t35-,36-,37?,38?,39+,40+/m1/s1. The number of fused-ring (bicyclic) bond motifs is 2. The third-order valence-electron chi connectivity index (χ3n) is 13.2. The number of methoxy groups -OCH3 is 2. The summed E-state index contributed by atoms with van der Waals surface area (Å²) >= 11 is 0. The van der Waals surface area contributed by atoms with E-state index in [0.717, 1.165) is 77.4 Å². The van der Waals surface area contributed by atoms with Crippen LogP contribution in [0.3, 0.4) is 0 Å². The van der Waals surface area contributed by atoms with Crippen molar-refractivity contribution in [3.05, 3.63) is 83.2 Å². The van der Waals surface area contributed by atoms with Gasteiger partial charge in [0.05, 0.1) is 84.6 Å². The molecule has 5 aromatic rings. The number of amides is 5. The van der Waals surface area contributed by atoms with Crippen LogP contribution in [0.2, 0.25) is 0 Å². The number of nitrogens with one attached hydrogen (secondary N) is 5. The number of aromatic amines is 2. The SMILES string of the molecule is COC(=O)N[C@H](C(=O)N1CCCC1c1nc2ccc([C@H]3CC[C@H](c4ccc5nc(C6CCCN6C(=O)[C@@H](NC(=O)OC)C(C)C)[nH]c5c4)N3c3ccc(CNC(=O)O)nc3)cc2[nH]1)C(C)C. The van der Waals surface area contributed by atoms with Gasteiger partial charge in [-0.1, -0.05) is 39.8 Å². The Morgan fingerprint density at radius 1 is 0.697 bits per heavy atom. The maximum Gasteiger partial charge on any atom is 0.407 e. The second-order valence-corrected chi connectivity index (χ2v) is 18.1. The molecule has 0 radical (unpaired) electrons. The minimum absolute atomic E-state index is 0.0738. The summed E-state index contributed by atoms with van der Waals surface area (Å²) < 4.78 is 9.62. The number of H-pyrrole nitrogens is 2. The van der Waals surface area contributed by atoms with E-state index >= 15 is 0 Å². The number of pyridine rings is 1. The molecule has 3 aliphatic rings. The zero-order valence-electron chi connectivity index (χ0n) is 38.2. The molecule has 0 saturated carbocycles. The summed E-state index contributed by atoms with van der Waals surface area (Å²) in [6, 6.07) is 14.1. The van der Waals surface area contributed by atoms with E-state index in [0.29, 0.717) is 30.4 Å². The highest BCUT2D eigenvalue weighted by molar-refractivity contribution is 5.87. The van der Waals surface area contributed by atoms with Gasteiger partial charge in [-0.2, -0.15) is 0 Å². The lowest BCUT2D eigenvalue weighted by atomic mass is 10.0. The highest BCUT2D eigenvalue weighted by Crippen LogP contribution is 2.48. The second kappa shape index (κ2) is 19.3. The van der Waals surface area contributed by atoms with E-state index in [4.69, 9.17) is 19.4 Å². The molecule has 66 heavy (non-hydrogen) atoms. The molecule has 3 aliphatic heterocycles. The molecule has 19 nitrogen and oxygen atoms in total. The first-order valence-electron chi connectivity index (χ1n) is 22.7. The molecular formula is C47H59N11O8. The number of carbonyl (C=O) groups excluding carboxylic acids is 4. The number of imidazole rings is 2. The Balaban J connectivity index is 1.08. The summed E-state index contributed by atoms with van der Waals surface area (Å²) in [5.41, 5.74) is 6.84. The number of carboxylic acid groups (broad SMARTS) is 1. The summed E-state index contributed by atoms with van der Waals surface area (Å²) in [6.07, 6.45) is 4.07. The minimum atomic E-state index is -1.12. The number of anilines is 1. The Bertz CT molecular complexity index is 2450. The van der Waals surface area contributed by atoms with Gasteiger partial charge in [0.1, 0.15) is 23.7 Å². The summed E-state index contributed by atoms with van der Waals surface area (Å²) in [7, 11) is 2.56. The van der Waals surface area contributed by atoms with Crippen LogP contribution >= 0.6 is 0 Å². The molecule has 5 amide bonds. The molecule has 2 aromatic carbocycles. The van der Waals surface area contributed by atoms with Crippen LogP contribution in [0.4, 0.5) is 20.1 Å². The number of ether oxygens (including phenoxy) is 2. The van der Waals surface area contributed by atoms with Crippen molar-refractivity contribution >= 4 is 57.8 Å². The summed E-state index contributed by atoms with van der Waals surface area (Å²) in [5, 5.41) is 17.0. The maximum atomic E-state index is 13.9.